The number of carboxylic acid groups (broad SMARTS) is 1. The van der Waals surface area contributed by atoms with E-state index in [4.69, 9.17) is 11.5 Å². The van der Waals surface area contributed by atoms with Gasteiger partial charge in [0.15, 0.2) is 0 Å². The Morgan fingerprint density at radius 3 is 2.19 bits per heavy atom. The van der Waals surface area contributed by atoms with Gasteiger partial charge in [-0.3, -0.25) is 24.0 Å². The van der Waals surface area contributed by atoms with E-state index >= 15 is 0 Å². The molecule has 0 bridgehead atoms. The average Bonchev–Trinajstić information content (AvgIpc) is 3.23. The molecule has 0 aliphatic rings. The molecule has 0 aliphatic heterocycles. The maximum atomic E-state index is 13.3. The zero-order valence-electron chi connectivity index (χ0n) is 21.2. The molecule has 4 amide bonds. The van der Waals surface area contributed by atoms with Crippen molar-refractivity contribution >= 4 is 40.5 Å². The van der Waals surface area contributed by atoms with Gasteiger partial charge in [-0.15, -0.1) is 0 Å². The predicted molar refractivity (Wildman–Crippen MR) is 137 cm³/mol. The number of hydrogen-bond acceptors (Lipinski definition) is 6. The third kappa shape index (κ3) is 8.90. The fourth-order valence-corrected chi connectivity index (χ4v) is 3.79. The minimum atomic E-state index is -1.22. The molecule has 37 heavy (non-hydrogen) atoms. The molecule has 1 heterocycles. The van der Waals surface area contributed by atoms with Crippen molar-refractivity contribution in [1.82, 2.24) is 20.9 Å². The van der Waals surface area contributed by atoms with Crippen LogP contribution in [-0.2, 0) is 30.4 Å². The summed E-state index contributed by atoms with van der Waals surface area (Å²) in [5, 5.41) is 17.7. The highest BCUT2D eigenvalue weighted by Crippen LogP contribution is 2.19. The second kappa shape index (κ2) is 13.4. The maximum absolute atomic E-state index is 13.3. The largest absolute Gasteiger partial charge is 0.480 e. The number of hydrogen-bond donors (Lipinski definition) is 7. The molecule has 0 saturated heterocycles. The van der Waals surface area contributed by atoms with Crippen LogP contribution in [0.3, 0.4) is 0 Å². The zero-order chi connectivity index (χ0) is 27.7. The molecule has 9 N–H and O–H groups in total. The van der Waals surface area contributed by atoms with Crippen LogP contribution in [0.4, 0.5) is 0 Å². The number of carboxylic acids is 1. The van der Waals surface area contributed by atoms with Gasteiger partial charge in [0.25, 0.3) is 0 Å². The monoisotopic (exact) mass is 516 g/mol. The average molecular weight is 517 g/mol. The number of carbonyl (C=O) groups is 5. The molecule has 0 spiro atoms. The van der Waals surface area contributed by atoms with Gasteiger partial charge in [0.05, 0.1) is 6.04 Å². The van der Waals surface area contributed by atoms with Gasteiger partial charge in [0, 0.05) is 29.9 Å². The molecule has 2 rings (SSSR count). The van der Waals surface area contributed by atoms with Crippen LogP contribution < -0.4 is 27.4 Å². The number of amides is 4. The number of aromatic nitrogens is 1. The van der Waals surface area contributed by atoms with Gasteiger partial charge < -0.3 is 37.5 Å². The molecule has 0 radical (unpaired) electrons. The highest BCUT2D eigenvalue weighted by molar-refractivity contribution is 5.95. The molecule has 202 valence electrons. The van der Waals surface area contributed by atoms with Gasteiger partial charge in [-0.2, -0.15) is 0 Å². The fraction of sp³-hybridized carbons (Fsp3) is 0.480. The normalized spacial score (nSPS) is 14.4. The summed E-state index contributed by atoms with van der Waals surface area (Å²) in [4.78, 5) is 64.3. The van der Waals surface area contributed by atoms with Gasteiger partial charge in [-0.25, -0.2) is 0 Å². The lowest BCUT2D eigenvalue weighted by molar-refractivity contribution is -0.141. The zero-order valence-corrected chi connectivity index (χ0v) is 21.2. The topological polar surface area (TPSA) is 209 Å². The minimum Gasteiger partial charge on any atom is -0.480 e. The molecular formula is C25H36N6O6. The van der Waals surface area contributed by atoms with E-state index in [0.717, 1.165) is 16.5 Å². The highest BCUT2D eigenvalue weighted by Gasteiger charge is 2.30. The van der Waals surface area contributed by atoms with Crippen molar-refractivity contribution in [2.45, 2.75) is 70.6 Å². The van der Waals surface area contributed by atoms with Crippen molar-refractivity contribution in [3.8, 4) is 0 Å². The number of H-pyrrole nitrogens is 1. The number of aromatic amines is 1. The first-order chi connectivity index (χ1) is 17.4. The van der Waals surface area contributed by atoms with E-state index in [1.807, 2.05) is 38.1 Å². The van der Waals surface area contributed by atoms with Crippen molar-refractivity contribution in [1.29, 1.82) is 0 Å². The Labute approximate surface area is 214 Å². The van der Waals surface area contributed by atoms with Crippen LogP contribution in [0.2, 0.25) is 0 Å². The Morgan fingerprint density at radius 2 is 1.57 bits per heavy atom. The van der Waals surface area contributed by atoms with Gasteiger partial charge in [0.1, 0.15) is 18.1 Å². The number of rotatable bonds is 14. The lowest BCUT2D eigenvalue weighted by Gasteiger charge is -2.25. The smallest absolute Gasteiger partial charge is 0.325 e. The van der Waals surface area contributed by atoms with E-state index in [9.17, 15) is 29.1 Å². The number of para-hydroxylation sites is 1. The lowest BCUT2D eigenvalue weighted by atomic mass is 10.00. The third-order valence-electron chi connectivity index (χ3n) is 5.84. The van der Waals surface area contributed by atoms with Crippen LogP contribution in [0.5, 0.6) is 0 Å². The number of aliphatic carboxylic acids is 1. The van der Waals surface area contributed by atoms with E-state index in [0.29, 0.717) is 0 Å². The second-order valence-corrected chi connectivity index (χ2v) is 9.50. The number of nitrogens with two attached hydrogens (primary N) is 2. The highest BCUT2D eigenvalue weighted by atomic mass is 16.4. The molecule has 12 heteroatoms. The van der Waals surface area contributed by atoms with Crippen LogP contribution >= 0.6 is 0 Å². The molecule has 0 saturated carbocycles. The van der Waals surface area contributed by atoms with Crippen LogP contribution in [0.25, 0.3) is 10.9 Å². The first-order valence-corrected chi connectivity index (χ1v) is 12.1. The summed E-state index contributed by atoms with van der Waals surface area (Å²) in [5.41, 5.74) is 12.6. The van der Waals surface area contributed by atoms with Crippen LogP contribution in [0, 0.1) is 5.92 Å². The van der Waals surface area contributed by atoms with Gasteiger partial charge in [0.2, 0.25) is 23.6 Å². The Morgan fingerprint density at radius 1 is 0.946 bits per heavy atom. The van der Waals surface area contributed by atoms with E-state index in [1.54, 1.807) is 6.20 Å². The lowest BCUT2D eigenvalue weighted by Crippen LogP contribution is -2.57. The molecule has 1 aromatic carbocycles. The van der Waals surface area contributed by atoms with Crippen LogP contribution in [-0.4, -0.2) is 63.9 Å². The number of primary amides is 1. The van der Waals surface area contributed by atoms with Gasteiger partial charge in [-0.1, -0.05) is 32.0 Å². The molecule has 1 aromatic heterocycles. The summed E-state index contributed by atoms with van der Waals surface area (Å²) < 4.78 is 0. The summed E-state index contributed by atoms with van der Waals surface area (Å²) in [5.74, 6) is -3.74. The molecule has 4 unspecified atom stereocenters. The number of benzene rings is 1. The predicted octanol–water partition coefficient (Wildman–Crippen LogP) is -0.0918. The summed E-state index contributed by atoms with van der Waals surface area (Å²) in [6.45, 7) is 5.05. The Hall–Kier alpha value is -3.93. The molecule has 4 atom stereocenters. The molecule has 12 nitrogen and oxygen atoms in total. The fourth-order valence-electron chi connectivity index (χ4n) is 3.79. The van der Waals surface area contributed by atoms with Crippen molar-refractivity contribution in [3.05, 3.63) is 36.0 Å². The second-order valence-electron chi connectivity index (χ2n) is 9.50. The maximum Gasteiger partial charge on any atom is 0.325 e. The molecule has 2 aromatic rings. The Bertz CT molecular complexity index is 1130. The van der Waals surface area contributed by atoms with Crippen LogP contribution in [0.15, 0.2) is 30.5 Å². The van der Waals surface area contributed by atoms with E-state index in [-0.39, 0.29) is 31.6 Å². The first-order valence-electron chi connectivity index (χ1n) is 12.1. The van der Waals surface area contributed by atoms with Crippen molar-refractivity contribution in [2.24, 2.45) is 17.4 Å². The van der Waals surface area contributed by atoms with Crippen molar-refractivity contribution < 1.29 is 29.1 Å². The number of carbonyl (C=O) groups excluding carboxylic acids is 4. The Kier molecular flexibility index (Phi) is 10.6. The van der Waals surface area contributed by atoms with Crippen molar-refractivity contribution in [3.63, 3.8) is 0 Å². The van der Waals surface area contributed by atoms with Gasteiger partial charge >= 0.3 is 5.97 Å². The standard InChI is InChI=1S/C25H36N6O6/c1-13(2)10-19(30-22(33)17(26)8-9-21(27)32)24(35)31-20(23(34)29-14(3)25(36)37)11-15-12-28-18-7-5-4-6-16(15)18/h4-7,12-14,17,19-20,28H,8-11,26H2,1-3H3,(H2,27,32)(H,29,34)(H,30,33)(H,31,35)(H,36,37). The first kappa shape index (κ1) is 29.3. The minimum absolute atomic E-state index is 0.00539. The summed E-state index contributed by atoms with van der Waals surface area (Å²) >= 11 is 0. The van der Waals surface area contributed by atoms with Crippen LogP contribution in [0.1, 0.15) is 45.6 Å². The molecule has 0 aliphatic carbocycles. The summed E-state index contributed by atoms with van der Waals surface area (Å²) in [6, 6.07) is 3.08. The SMILES string of the molecule is CC(C)CC(NC(=O)C(N)CCC(N)=O)C(=O)NC(Cc1c[nH]c2ccccc12)C(=O)NC(C)C(=O)O. The van der Waals surface area contributed by atoms with E-state index in [1.165, 1.54) is 6.92 Å². The van der Waals surface area contributed by atoms with Gasteiger partial charge in [-0.05, 0) is 37.3 Å². The molecular weight excluding hydrogens is 480 g/mol. The summed E-state index contributed by atoms with van der Waals surface area (Å²) in [6.07, 6.45) is 2.00. The number of nitrogens with one attached hydrogen (secondary N) is 4. The third-order valence-corrected chi connectivity index (χ3v) is 5.84. The quantitative estimate of drug-likeness (QED) is 0.181. The summed E-state index contributed by atoms with van der Waals surface area (Å²) in [7, 11) is 0. The van der Waals surface area contributed by atoms with E-state index < -0.39 is 53.8 Å². The molecule has 0 fully saturated rings. The van der Waals surface area contributed by atoms with Crippen molar-refractivity contribution in [2.75, 3.05) is 0 Å². The number of fused-ring (bicyclic) bond motifs is 1. The van der Waals surface area contributed by atoms with E-state index in [2.05, 4.69) is 20.9 Å². The Balaban J connectivity index is 2.25.